The Hall–Kier alpha value is -1.99. The molecule has 20 heavy (non-hydrogen) atoms. The fourth-order valence-corrected chi connectivity index (χ4v) is 3.38. The van der Waals surface area contributed by atoms with Crippen LogP contribution >= 0.6 is 11.9 Å². The Kier molecular flexibility index (Phi) is 2.68. The van der Waals surface area contributed by atoms with Crippen LogP contribution in [0.1, 0.15) is 22.3 Å². The van der Waals surface area contributed by atoms with Crippen molar-refractivity contribution in [1.29, 1.82) is 0 Å². The maximum atomic E-state index is 5.75. The summed E-state index contributed by atoms with van der Waals surface area (Å²) in [5.41, 5.74) is 7.55. The molecule has 0 bridgehead atoms. The molecule has 1 nitrogen and oxygen atoms in total. The van der Waals surface area contributed by atoms with E-state index >= 15 is 0 Å². The second kappa shape index (κ2) is 4.53. The molecule has 0 fully saturated rings. The summed E-state index contributed by atoms with van der Waals surface area (Å²) < 4.78 is 5.19. The first-order chi connectivity index (χ1) is 9.88. The lowest BCUT2D eigenvalue weighted by molar-refractivity contribution is 0.574. The van der Waals surface area contributed by atoms with E-state index in [9.17, 15) is 0 Å². The first kappa shape index (κ1) is 11.8. The minimum atomic E-state index is 0.810. The lowest BCUT2D eigenvalue weighted by Gasteiger charge is -2.08. The fourth-order valence-electron chi connectivity index (χ4n) is 3.20. The molecule has 0 amide bonds. The van der Waals surface area contributed by atoms with Crippen LogP contribution in [0.4, 0.5) is 0 Å². The molecule has 0 saturated heterocycles. The largest absolute Gasteiger partial charge is 0.385 e. The molecule has 4 rings (SSSR count). The lowest BCUT2D eigenvalue weighted by Crippen LogP contribution is -1.91. The van der Waals surface area contributed by atoms with E-state index in [0.717, 1.165) is 24.2 Å². The SMILES string of the molecule is ClOC1=C(C2=CCc3ccccc32)Cc2ccccc21. The Balaban J connectivity index is 1.85. The highest BCUT2D eigenvalue weighted by Gasteiger charge is 2.28. The summed E-state index contributed by atoms with van der Waals surface area (Å²) in [7, 11) is 0. The van der Waals surface area contributed by atoms with Gasteiger partial charge in [0.25, 0.3) is 0 Å². The smallest absolute Gasteiger partial charge is 0.157 e. The Morgan fingerprint density at radius 1 is 0.850 bits per heavy atom. The van der Waals surface area contributed by atoms with Crippen LogP contribution in [0, 0.1) is 0 Å². The molecule has 2 aliphatic rings. The maximum absolute atomic E-state index is 5.75. The zero-order valence-corrected chi connectivity index (χ0v) is 11.7. The number of fused-ring (bicyclic) bond motifs is 2. The molecule has 0 spiro atoms. The molecule has 0 atom stereocenters. The Labute approximate surface area is 123 Å². The first-order valence-corrected chi connectivity index (χ1v) is 7.08. The summed E-state index contributed by atoms with van der Waals surface area (Å²) in [6.07, 6.45) is 4.15. The topological polar surface area (TPSA) is 9.23 Å². The van der Waals surface area contributed by atoms with E-state index in [1.807, 2.05) is 6.07 Å². The van der Waals surface area contributed by atoms with Gasteiger partial charge < -0.3 is 4.29 Å². The van der Waals surface area contributed by atoms with E-state index in [-0.39, 0.29) is 0 Å². The third kappa shape index (κ3) is 1.63. The third-order valence-corrected chi connectivity index (χ3v) is 4.29. The van der Waals surface area contributed by atoms with Crippen molar-refractivity contribution in [3.8, 4) is 0 Å². The zero-order valence-electron chi connectivity index (χ0n) is 10.9. The van der Waals surface area contributed by atoms with Crippen molar-refractivity contribution in [3.05, 3.63) is 82.4 Å². The van der Waals surface area contributed by atoms with Crippen LogP contribution in [-0.2, 0) is 17.1 Å². The first-order valence-electron chi connectivity index (χ1n) is 6.77. The molecular formula is C18H13ClO. The summed E-state index contributed by atoms with van der Waals surface area (Å²) in [5.74, 6) is 0.810. The normalized spacial score (nSPS) is 15.9. The predicted octanol–water partition coefficient (Wildman–Crippen LogP) is 4.76. The van der Waals surface area contributed by atoms with E-state index in [1.54, 1.807) is 0 Å². The zero-order chi connectivity index (χ0) is 13.5. The van der Waals surface area contributed by atoms with Gasteiger partial charge in [0.2, 0.25) is 0 Å². The molecule has 0 radical (unpaired) electrons. The van der Waals surface area contributed by atoms with Crippen LogP contribution in [0.15, 0.2) is 60.2 Å². The van der Waals surface area contributed by atoms with Crippen molar-refractivity contribution < 1.29 is 4.29 Å². The van der Waals surface area contributed by atoms with Crippen LogP contribution in [0.2, 0.25) is 0 Å². The van der Waals surface area contributed by atoms with Crippen LogP contribution in [-0.4, -0.2) is 0 Å². The quantitative estimate of drug-likeness (QED) is 0.770. The molecule has 0 N–H and O–H groups in total. The molecule has 0 unspecified atom stereocenters. The van der Waals surface area contributed by atoms with Gasteiger partial charge in [0.05, 0.1) is 0 Å². The number of hydrogen-bond donors (Lipinski definition) is 0. The standard InChI is InChI=1S/C18H13ClO/c19-20-18-15-8-4-2-6-13(15)11-17(18)16-10-9-12-5-1-3-7-14(12)16/h1-8,10H,9,11H2. The van der Waals surface area contributed by atoms with Gasteiger partial charge in [-0.2, -0.15) is 0 Å². The van der Waals surface area contributed by atoms with E-state index in [1.165, 1.54) is 27.8 Å². The van der Waals surface area contributed by atoms with Gasteiger partial charge in [0.15, 0.2) is 5.76 Å². The van der Waals surface area contributed by atoms with Crippen molar-refractivity contribution in [1.82, 2.24) is 0 Å². The number of allylic oxidation sites excluding steroid dienone is 3. The van der Waals surface area contributed by atoms with Gasteiger partial charge in [-0.15, -0.1) is 0 Å². The molecule has 2 aromatic carbocycles. The molecule has 98 valence electrons. The summed E-state index contributed by atoms with van der Waals surface area (Å²) >= 11 is 5.75. The van der Waals surface area contributed by atoms with Gasteiger partial charge in [-0.3, -0.25) is 0 Å². The molecule has 0 aliphatic heterocycles. The summed E-state index contributed by atoms with van der Waals surface area (Å²) in [6.45, 7) is 0. The molecule has 2 aromatic rings. The Morgan fingerprint density at radius 2 is 1.55 bits per heavy atom. The molecule has 2 heteroatoms. The monoisotopic (exact) mass is 280 g/mol. The van der Waals surface area contributed by atoms with E-state index in [4.69, 9.17) is 16.2 Å². The third-order valence-electron chi connectivity index (χ3n) is 4.14. The van der Waals surface area contributed by atoms with Gasteiger partial charge in [-0.1, -0.05) is 54.6 Å². The Morgan fingerprint density at radius 3 is 2.35 bits per heavy atom. The highest BCUT2D eigenvalue weighted by molar-refractivity contribution is 6.11. The van der Waals surface area contributed by atoms with Crippen LogP contribution < -0.4 is 0 Å². The molecule has 0 saturated carbocycles. The van der Waals surface area contributed by atoms with E-state index in [2.05, 4.69) is 48.5 Å². The van der Waals surface area contributed by atoms with Gasteiger partial charge in [-0.25, -0.2) is 0 Å². The van der Waals surface area contributed by atoms with Crippen molar-refractivity contribution in [2.45, 2.75) is 12.8 Å². The lowest BCUT2D eigenvalue weighted by atomic mass is 9.97. The number of rotatable bonds is 2. The second-order valence-corrected chi connectivity index (χ2v) is 5.35. The van der Waals surface area contributed by atoms with Gasteiger partial charge in [0, 0.05) is 17.6 Å². The van der Waals surface area contributed by atoms with E-state index < -0.39 is 0 Å². The van der Waals surface area contributed by atoms with Crippen molar-refractivity contribution >= 4 is 23.2 Å². The maximum Gasteiger partial charge on any atom is 0.157 e. The fraction of sp³-hybridized carbons (Fsp3) is 0.111. The molecule has 2 aliphatic carbocycles. The van der Waals surface area contributed by atoms with Crippen molar-refractivity contribution in [2.75, 3.05) is 0 Å². The Bertz CT molecular complexity index is 756. The summed E-state index contributed by atoms with van der Waals surface area (Å²) in [6, 6.07) is 16.8. The molecular weight excluding hydrogens is 268 g/mol. The summed E-state index contributed by atoms with van der Waals surface area (Å²) in [4.78, 5) is 0. The van der Waals surface area contributed by atoms with E-state index in [0.29, 0.717) is 0 Å². The minimum absolute atomic E-state index is 0.810. The van der Waals surface area contributed by atoms with Gasteiger partial charge in [-0.05, 0) is 28.7 Å². The highest BCUT2D eigenvalue weighted by atomic mass is 35.5. The van der Waals surface area contributed by atoms with Crippen molar-refractivity contribution in [3.63, 3.8) is 0 Å². The highest BCUT2D eigenvalue weighted by Crippen LogP contribution is 2.43. The van der Waals surface area contributed by atoms with Crippen molar-refractivity contribution in [2.24, 2.45) is 0 Å². The number of halogens is 1. The average Bonchev–Trinajstić information content (AvgIpc) is 3.07. The second-order valence-electron chi connectivity index (χ2n) is 5.20. The van der Waals surface area contributed by atoms with Gasteiger partial charge >= 0.3 is 0 Å². The number of hydrogen-bond acceptors (Lipinski definition) is 1. The minimum Gasteiger partial charge on any atom is -0.385 e. The van der Waals surface area contributed by atoms with Crippen LogP contribution in [0.5, 0.6) is 0 Å². The van der Waals surface area contributed by atoms with Crippen LogP contribution in [0.3, 0.4) is 0 Å². The summed E-state index contributed by atoms with van der Waals surface area (Å²) in [5, 5.41) is 0. The van der Waals surface area contributed by atoms with Crippen LogP contribution in [0.25, 0.3) is 11.3 Å². The van der Waals surface area contributed by atoms with Gasteiger partial charge in [0.1, 0.15) is 11.9 Å². The predicted molar refractivity (Wildman–Crippen MR) is 82.1 cm³/mol. The average molecular weight is 281 g/mol. The molecule has 0 heterocycles. The molecule has 0 aromatic heterocycles. The number of benzene rings is 2.